The van der Waals surface area contributed by atoms with Crippen LogP contribution in [0.4, 0.5) is 0 Å². The Balaban J connectivity index is 0.00000420. The Labute approximate surface area is 357 Å². The summed E-state index contributed by atoms with van der Waals surface area (Å²) in [5.74, 6) is 1.71. The SMILES string of the molecule is Cc1cc(C)c(-c2ccc3c4ccc(-c5cccc6c5nc(-c5ccc(C)c7c5[n-]c5ccc(C)cc57)n6-c5ccccc5)[c-]c4n(-c4ccccn4)c3c2)c(C)c1.[Pt+2]. The molecule has 0 radical (unpaired) electrons. The maximum Gasteiger partial charge on any atom is 2.00 e. The third-order valence-electron chi connectivity index (χ3n) is 11.8. The standard InChI is InChI=1S/C53H39N5.Pt/c1-31-17-24-44-43(28-31)50-33(3)18-21-42(52(50)55-44)53-56-51-39(14-11-15-45(51)57(53)38-12-7-6-8-13-38)36-19-22-40-41-23-20-37(49-34(4)26-32(2)27-35(49)5)30-47(41)58(46(40)29-36)48-16-9-10-25-54-48;/h6-28,30H,1-5H3;/q-2;+2. The molecule has 11 rings (SSSR count). The largest absolute Gasteiger partial charge is 2.00 e. The third-order valence-corrected chi connectivity index (χ3v) is 11.8. The summed E-state index contributed by atoms with van der Waals surface area (Å²) in [4.78, 5) is 15.7. The number of pyridine rings is 1. The average molecular weight is 941 g/mol. The van der Waals surface area contributed by atoms with E-state index in [1.165, 1.54) is 49.7 Å². The van der Waals surface area contributed by atoms with Gasteiger partial charge in [0.25, 0.3) is 0 Å². The molecular weight excluding hydrogens is 902 g/mol. The number of aromatic nitrogens is 5. The van der Waals surface area contributed by atoms with Crippen molar-refractivity contribution in [1.29, 1.82) is 0 Å². The summed E-state index contributed by atoms with van der Waals surface area (Å²) in [5.41, 5.74) is 18.7. The van der Waals surface area contributed by atoms with E-state index in [0.717, 1.165) is 77.9 Å². The minimum absolute atomic E-state index is 0. The van der Waals surface area contributed by atoms with E-state index in [9.17, 15) is 0 Å². The maximum atomic E-state index is 5.56. The van der Waals surface area contributed by atoms with Crippen molar-refractivity contribution in [2.75, 3.05) is 0 Å². The van der Waals surface area contributed by atoms with Gasteiger partial charge < -0.3 is 9.55 Å². The minimum Gasteiger partial charge on any atom is -0.656 e. The van der Waals surface area contributed by atoms with Crippen molar-refractivity contribution in [1.82, 2.24) is 24.1 Å². The number of hydrogen-bond acceptors (Lipinski definition) is 2. The van der Waals surface area contributed by atoms with Gasteiger partial charge in [-0.15, -0.1) is 34.8 Å². The zero-order valence-corrected chi connectivity index (χ0v) is 35.7. The summed E-state index contributed by atoms with van der Waals surface area (Å²) in [7, 11) is 0. The van der Waals surface area contributed by atoms with Crippen LogP contribution in [0, 0.1) is 40.7 Å². The molecule has 0 saturated carbocycles. The third kappa shape index (κ3) is 5.79. The van der Waals surface area contributed by atoms with E-state index in [0.29, 0.717) is 0 Å². The monoisotopic (exact) mass is 940 g/mol. The molecule has 0 amide bonds. The minimum atomic E-state index is 0. The summed E-state index contributed by atoms with van der Waals surface area (Å²) in [5, 5.41) is 4.65. The van der Waals surface area contributed by atoms with Gasteiger partial charge in [-0.25, -0.2) is 9.97 Å². The van der Waals surface area contributed by atoms with Crippen LogP contribution in [0.3, 0.4) is 0 Å². The van der Waals surface area contributed by atoms with Gasteiger partial charge in [-0.2, -0.15) is 0 Å². The summed E-state index contributed by atoms with van der Waals surface area (Å²) in [6.07, 6.45) is 1.86. The normalized spacial score (nSPS) is 11.7. The zero-order valence-electron chi connectivity index (χ0n) is 33.4. The summed E-state index contributed by atoms with van der Waals surface area (Å²) < 4.78 is 4.55. The van der Waals surface area contributed by atoms with Crippen molar-refractivity contribution in [3.05, 3.63) is 180 Å². The number of fused-ring (bicyclic) bond motifs is 7. The van der Waals surface area contributed by atoms with Crippen molar-refractivity contribution < 1.29 is 21.1 Å². The Bertz CT molecular complexity index is 3420. The molecule has 0 aliphatic carbocycles. The van der Waals surface area contributed by atoms with Gasteiger partial charge in [-0.05, 0) is 121 Å². The van der Waals surface area contributed by atoms with Gasteiger partial charge in [0.05, 0.1) is 11.0 Å². The Morgan fingerprint density at radius 2 is 1.37 bits per heavy atom. The number of hydrogen-bond donors (Lipinski definition) is 0. The van der Waals surface area contributed by atoms with Crippen molar-refractivity contribution >= 4 is 54.6 Å². The fraction of sp³-hybridized carbons (Fsp3) is 0.0943. The molecule has 0 N–H and O–H groups in total. The predicted octanol–water partition coefficient (Wildman–Crippen LogP) is 13.1. The maximum absolute atomic E-state index is 5.56. The number of imidazole rings is 1. The van der Waals surface area contributed by atoms with Crippen LogP contribution in [0.2, 0.25) is 0 Å². The van der Waals surface area contributed by atoms with Crippen molar-refractivity contribution in [3.63, 3.8) is 0 Å². The smallest absolute Gasteiger partial charge is 0.656 e. The van der Waals surface area contributed by atoms with Crippen LogP contribution in [0.1, 0.15) is 27.8 Å². The van der Waals surface area contributed by atoms with Crippen LogP contribution >= 0.6 is 0 Å². The zero-order chi connectivity index (χ0) is 39.2. The van der Waals surface area contributed by atoms with Gasteiger partial charge in [0.1, 0.15) is 11.6 Å². The molecule has 0 fully saturated rings. The molecular formula is C53H39N5Pt. The molecule has 0 aliphatic rings. The predicted molar refractivity (Wildman–Crippen MR) is 240 cm³/mol. The number of para-hydroxylation sites is 2. The van der Waals surface area contributed by atoms with Crippen LogP contribution in [0.15, 0.2) is 146 Å². The molecule has 0 spiro atoms. The summed E-state index contributed by atoms with van der Waals surface area (Å²) in [6, 6.07) is 53.8. The molecule has 286 valence electrons. The van der Waals surface area contributed by atoms with E-state index in [1.54, 1.807) is 0 Å². The van der Waals surface area contributed by atoms with E-state index >= 15 is 0 Å². The van der Waals surface area contributed by atoms with Gasteiger partial charge in [0.15, 0.2) is 0 Å². The van der Waals surface area contributed by atoms with Crippen LogP contribution in [0.5, 0.6) is 0 Å². The molecule has 4 heterocycles. The average Bonchev–Trinajstić information content (AvgIpc) is 3.91. The van der Waals surface area contributed by atoms with Gasteiger partial charge in [0.2, 0.25) is 0 Å². The van der Waals surface area contributed by atoms with E-state index in [1.807, 2.05) is 18.3 Å². The molecule has 0 aliphatic heterocycles. The van der Waals surface area contributed by atoms with Gasteiger partial charge in [-0.1, -0.05) is 113 Å². The van der Waals surface area contributed by atoms with Gasteiger partial charge in [0, 0.05) is 23.0 Å². The van der Waals surface area contributed by atoms with Gasteiger partial charge in [-0.3, -0.25) is 4.57 Å². The van der Waals surface area contributed by atoms with Crippen molar-refractivity contribution in [2.24, 2.45) is 0 Å². The second-order valence-corrected chi connectivity index (χ2v) is 15.7. The Hall–Kier alpha value is -6.55. The van der Waals surface area contributed by atoms with Crippen molar-refractivity contribution in [3.8, 4) is 45.1 Å². The summed E-state index contributed by atoms with van der Waals surface area (Å²) >= 11 is 0. The second-order valence-electron chi connectivity index (χ2n) is 15.7. The van der Waals surface area contributed by atoms with E-state index in [-0.39, 0.29) is 21.1 Å². The quantitative estimate of drug-likeness (QED) is 0.162. The van der Waals surface area contributed by atoms with E-state index in [4.69, 9.17) is 15.0 Å². The first-order valence-electron chi connectivity index (χ1n) is 19.9. The first kappa shape index (κ1) is 36.8. The molecule has 59 heavy (non-hydrogen) atoms. The molecule has 0 atom stereocenters. The Morgan fingerprint density at radius 3 is 2.17 bits per heavy atom. The molecule has 7 aromatic carbocycles. The van der Waals surface area contributed by atoms with Crippen molar-refractivity contribution in [2.45, 2.75) is 34.6 Å². The van der Waals surface area contributed by atoms with Gasteiger partial charge >= 0.3 is 21.1 Å². The molecule has 6 heteroatoms. The van der Waals surface area contributed by atoms with Crippen LogP contribution < -0.4 is 4.98 Å². The van der Waals surface area contributed by atoms with Crippen LogP contribution in [-0.2, 0) is 21.1 Å². The summed E-state index contributed by atoms with van der Waals surface area (Å²) in [6.45, 7) is 10.9. The Kier molecular flexibility index (Phi) is 8.77. The molecule has 0 saturated heterocycles. The first-order valence-corrected chi connectivity index (χ1v) is 19.9. The van der Waals surface area contributed by atoms with Crippen LogP contribution in [-0.4, -0.2) is 19.1 Å². The molecule has 0 unspecified atom stereocenters. The molecule has 0 bridgehead atoms. The number of rotatable bonds is 5. The fourth-order valence-corrected chi connectivity index (χ4v) is 9.35. The number of nitrogens with zero attached hydrogens (tertiary/aromatic N) is 5. The Morgan fingerprint density at radius 1 is 0.576 bits per heavy atom. The first-order chi connectivity index (χ1) is 28.3. The topological polar surface area (TPSA) is 49.7 Å². The van der Waals surface area contributed by atoms with E-state index in [2.05, 4.69) is 177 Å². The van der Waals surface area contributed by atoms with E-state index < -0.39 is 0 Å². The second kappa shape index (κ2) is 14.1. The molecule has 4 aromatic heterocycles. The number of aryl methyl sites for hydroxylation is 5. The fourth-order valence-electron chi connectivity index (χ4n) is 9.35. The molecule has 5 nitrogen and oxygen atoms in total. The number of benzene rings is 7. The molecule has 11 aromatic rings. The van der Waals surface area contributed by atoms with Crippen LogP contribution in [0.25, 0.3) is 99.8 Å².